The van der Waals surface area contributed by atoms with Gasteiger partial charge in [0, 0.05) is 31.3 Å². The molecule has 0 spiro atoms. The smallest absolute Gasteiger partial charge is 0.147 e. The van der Waals surface area contributed by atoms with Crippen molar-refractivity contribution in [3.63, 3.8) is 0 Å². The molecular weight excluding hydrogens is 214 g/mol. The largest absolute Gasteiger partial charge is 0.347 e. The first kappa shape index (κ1) is 10.1. The zero-order chi connectivity index (χ0) is 11.5. The van der Waals surface area contributed by atoms with Gasteiger partial charge in [-0.3, -0.25) is 15.0 Å². The minimum Gasteiger partial charge on any atom is -0.347 e. The predicted molar refractivity (Wildman–Crippen MR) is 63.4 cm³/mol. The Morgan fingerprint density at radius 3 is 2.53 bits per heavy atom. The third kappa shape index (κ3) is 1.95. The average Bonchev–Trinajstić information content (AvgIpc) is 2.90. The standard InChI is InChI=1S/C12H13N5/c1-2-11(10-8-13-3-5-15-10)17(7-1)12-9-14-4-6-16-12/h3-6,8-9,11H,1-2,7H2. The van der Waals surface area contributed by atoms with Crippen LogP contribution in [0.15, 0.2) is 37.2 Å². The molecule has 0 bridgehead atoms. The lowest BCUT2D eigenvalue weighted by molar-refractivity contribution is 0.682. The highest BCUT2D eigenvalue weighted by molar-refractivity contribution is 5.40. The van der Waals surface area contributed by atoms with E-state index in [9.17, 15) is 0 Å². The van der Waals surface area contributed by atoms with Crippen molar-refractivity contribution in [1.29, 1.82) is 0 Å². The quantitative estimate of drug-likeness (QED) is 0.780. The Kier molecular flexibility index (Phi) is 2.65. The van der Waals surface area contributed by atoms with Crippen molar-refractivity contribution >= 4 is 5.82 Å². The SMILES string of the molecule is c1cnc(C2CCCN2c2cnccn2)cn1. The number of rotatable bonds is 2. The summed E-state index contributed by atoms with van der Waals surface area (Å²) in [6.45, 7) is 1.000. The van der Waals surface area contributed by atoms with Gasteiger partial charge in [0.25, 0.3) is 0 Å². The summed E-state index contributed by atoms with van der Waals surface area (Å²) in [6.07, 6.45) is 12.7. The van der Waals surface area contributed by atoms with Crippen molar-refractivity contribution in [2.24, 2.45) is 0 Å². The molecule has 0 N–H and O–H groups in total. The second-order valence-corrected chi connectivity index (χ2v) is 4.05. The van der Waals surface area contributed by atoms with Crippen molar-refractivity contribution in [1.82, 2.24) is 19.9 Å². The monoisotopic (exact) mass is 227 g/mol. The molecule has 2 aromatic rings. The molecule has 0 amide bonds. The Bertz CT molecular complexity index is 427. The molecule has 5 heteroatoms. The van der Waals surface area contributed by atoms with Crippen LogP contribution in [0, 0.1) is 0 Å². The molecule has 1 fully saturated rings. The van der Waals surface area contributed by atoms with Crippen LogP contribution in [0.2, 0.25) is 0 Å². The molecule has 1 atom stereocenters. The molecular formula is C12H13N5. The van der Waals surface area contributed by atoms with E-state index in [0.29, 0.717) is 0 Å². The fourth-order valence-electron chi connectivity index (χ4n) is 2.27. The Morgan fingerprint density at radius 2 is 1.82 bits per heavy atom. The molecule has 1 saturated heterocycles. The van der Waals surface area contributed by atoms with Crippen molar-refractivity contribution < 1.29 is 0 Å². The van der Waals surface area contributed by atoms with E-state index in [1.165, 1.54) is 0 Å². The third-order valence-electron chi connectivity index (χ3n) is 3.02. The molecule has 17 heavy (non-hydrogen) atoms. The van der Waals surface area contributed by atoms with Gasteiger partial charge in [-0.2, -0.15) is 0 Å². The van der Waals surface area contributed by atoms with Crippen LogP contribution in [0.4, 0.5) is 5.82 Å². The van der Waals surface area contributed by atoms with Crippen LogP contribution in [0.1, 0.15) is 24.6 Å². The van der Waals surface area contributed by atoms with E-state index >= 15 is 0 Å². The topological polar surface area (TPSA) is 54.8 Å². The lowest BCUT2D eigenvalue weighted by Crippen LogP contribution is -2.24. The van der Waals surface area contributed by atoms with Crippen molar-refractivity contribution in [3.05, 3.63) is 42.9 Å². The minimum absolute atomic E-state index is 0.278. The molecule has 3 heterocycles. The van der Waals surface area contributed by atoms with E-state index in [0.717, 1.165) is 30.9 Å². The van der Waals surface area contributed by atoms with Gasteiger partial charge in [-0.1, -0.05) is 0 Å². The summed E-state index contributed by atoms with van der Waals surface area (Å²) in [5.41, 5.74) is 1.01. The molecule has 1 unspecified atom stereocenters. The summed E-state index contributed by atoms with van der Waals surface area (Å²) < 4.78 is 0. The molecule has 0 aliphatic carbocycles. The molecule has 5 nitrogen and oxygen atoms in total. The lowest BCUT2D eigenvalue weighted by Gasteiger charge is -2.24. The summed E-state index contributed by atoms with van der Waals surface area (Å²) >= 11 is 0. The van der Waals surface area contributed by atoms with Gasteiger partial charge in [-0.15, -0.1) is 0 Å². The number of nitrogens with zero attached hydrogens (tertiary/aromatic N) is 5. The van der Waals surface area contributed by atoms with E-state index in [-0.39, 0.29) is 6.04 Å². The first-order valence-corrected chi connectivity index (χ1v) is 5.74. The van der Waals surface area contributed by atoms with Crippen molar-refractivity contribution in [2.45, 2.75) is 18.9 Å². The van der Waals surface area contributed by atoms with Crippen molar-refractivity contribution in [2.75, 3.05) is 11.4 Å². The molecule has 1 aliphatic heterocycles. The zero-order valence-electron chi connectivity index (χ0n) is 9.40. The Balaban J connectivity index is 1.91. The first-order valence-electron chi connectivity index (χ1n) is 5.74. The lowest BCUT2D eigenvalue weighted by atomic mass is 10.1. The Morgan fingerprint density at radius 1 is 1.00 bits per heavy atom. The van der Waals surface area contributed by atoms with E-state index in [1.54, 1.807) is 31.0 Å². The fourth-order valence-corrected chi connectivity index (χ4v) is 2.27. The highest BCUT2D eigenvalue weighted by atomic mass is 15.2. The maximum absolute atomic E-state index is 4.38. The fraction of sp³-hybridized carbons (Fsp3) is 0.333. The van der Waals surface area contributed by atoms with Gasteiger partial charge in [-0.25, -0.2) is 4.98 Å². The first-order chi connectivity index (χ1) is 8.45. The van der Waals surface area contributed by atoms with Crippen LogP contribution < -0.4 is 4.90 Å². The van der Waals surface area contributed by atoms with Gasteiger partial charge in [0.1, 0.15) is 5.82 Å². The highest BCUT2D eigenvalue weighted by Gasteiger charge is 2.28. The summed E-state index contributed by atoms with van der Waals surface area (Å²) in [6, 6.07) is 0.278. The van der Waals surface area contributed by atoms with Gasteiger partial charge in [0.05, 0.1) is 24.1 Å². The summed E-state index contributed by atoms with van der Waals surface area (Å²) in [5.74, 6) is 0.917. The molecule has 0 saturated carbocycles. The molecule has 2 aromatic heterocycles. The van der Waals surface area contributed by atoms with Crippen LogP contribution in [-0.2, 0) is 0 Å². The number of anilines is 1. The van der Waals surface area contributed by atoms with E-state index in [2.05, 4.69) is 24.8 Å². The highest BCUT2D eigenvalue weighted by Crippen LogP contribution is 2.33. The Labute approximate surface area is 99.6 Å². The molecule has 3 rings (SSSR count). The van der Waals surface area contributed by atoms with Crippen LogP contribution >= 0.6 is 0 Å². The molecule has 1 aliphatic rings. The van der Waals surface area contributed by atoms with Gasteiger partial charge >= 0.3 is 0 Å². The number of hydrogen-bond acceptors (Lipinski definition) is 5. The number of hydrogen-bond donors (Lipinski definition) is 0. The zero-order valence-corrected chi connectivity index (χ0v) is 9.40. The Hall–Kier alpha value is -2.04. The van der Waals surface area contributed by atoms with Crippen molar-refractivity contribution in [3.8, 4) is 0 Å². The van der Waals surface area contributed by atoms with Crippen LogP contribution in [0.5, 0.6) is 0 Å². The van der Waals surface area contributed by atoms with Crippen LogP contribution in [0.3, 0.4) is 0 Å². The number of aromatic nitrogens is 4. The van der Waals surface area contributed by atoms with Gasteiger partial charge in [0.2, 0.25) is 0 Å². The molecule has 0 aromatic carbocycles. The summed E-state index contributed by atoms with van der Waals surface area (Å²) in [4.78, 5) is 19.2. The normalized spacial score (nSPS) is 19.5. The summed E-state index contributed by atoms with van der Waals surface area (Å²) in [5, 5.41) is 0. The van der Waals surface area contributed by atoms with Crippen LogP contribution in [-0.4, -0.2) is 26.5 Å². The van der Waals surface area contributed by atoms with Crippen LogP contribution in [0.25, 0.3) is 0 Å². The summed E-state index contributed by atoms with van der Waals surface area (Å²) in [7, 11) is 0. The van der Waals surface area contributed by atoms with Gasteiger partial charge in [-0.05, 0) is 12.8 Å². The second-order valence-electron chi connectivity index (χ2n) is 4.05. The molecule has 86 valence electrons. The maximum atomic E-state index is 4.38. The maximum Gasteiger partial charge on any atom is 0.147 e. The second kappa shape index (κ2) is 4.45. The predicted octanol–water partition coefficient (Wildman–Crippen LogP) is 1.61. The van der Waals surface area contributed by atoms with E-state index < -0.39 is 0 Å². The third-order valence-corrected chi connectivity index (χ3v) is 3.02. The van der Waals surface area contributed by atoms with E-state index in [1.807, 2.05) is 6.20 Å². The van der Waals surface area contributed by atoms with Gasteiger partial charge < -0.3 is 4.90 Å². The van der Waals surface area contributed by atoms with Gasteiger partial charge in [0.15, 0.2) is 0 Å². The molecule has 0 radical (unpaired) electrons. The van der Waals surface area contributed by atoms with E-state index in [4.69, 9.17) is 0 Å². The average molecular weight is 227 g/mol. The minimum atomic E-state index is 0.278.